The Morgan fingerprint density at radius 3 is 2.23 bits per heavy atom. The predicted octanol–water partition coefficient (Wildman–Crippen LogP) is 4.82. The van der Waals surface area contributed by atoms with Crippen LogP contribution in [0.3, 0.4) is 0 Å². The zero-order valence-corrected chi connectivity index (χ0v) is 16.8. The largest absolute Gasteiger partial charge is 0.457 e. The van der Waals surface area contributed by atoms with Gasteiger partial charge in [0.2, 0.25) is 6.79 Å². The summed E-state index contributed by atoms with van der Waals surface area (Å²) in [5, 5.41) is 8.89. The summed E-state index contributed by atoms with van der Waals surface area (Å²) in [6.07, 6.45) is 1.05. The number of nitrogens with zero attached hydrogens (tertiary/aromatic N) is 1. The number of ether oxygens (including phenoxy) is 3. The summed E-state index contributed by atoms with van der Waals surface area (Å²) in [6.45, 7) is 4.83. The fourth-order valence-corrected chi connectivity index (χ4v) is 2.77. The zero-order valence-electron chi connectivity index (χ0n) is 16.8. The second kappa shape index (κ2) is 9.90. The van der Waals surface area contributed by atoms with Gasteiger partial charge in [-0.15, -0.1) is 0 Å². The first-order chi connectivity index (χ1) is 15.0. The topological polar surface area (TPSA) is 85.6 Å². The maximum absolute atomic E-state index is 12.5. The van der Waals surface area contributed by atoms with Gasteiger partial charge in [-0.25, -0.2) is 9.59 Å². The lowest BCUT2D eigenvalue weighted by atomic mass is 10.0. The van der Waals surface area contributed by atoms with Gasteiger partial charge in [-0.3, -0.25) is 0 Å². The molecule has 3 aromatic carbocycles. The Bertz CT molecular complexity index is 1140. The Morgan fingerprint density at radius 1 is 1.00 bits per heavy atom. The van der Waals surface area contributed by atoms with Crippen LogP contribution >= 0.6 is 0 Å². The first-order valence-electron chi connectivity index (χ1n) is 9.35. The van der Waals surface area contributed by atoms with E-state index in [1.54, 1.807) is 49.4 Å². The van der Waals surface area contributed by atoms with Gasteiger partial charge in [-0.2, -0.15) is 5.26 Å². The van der Waals surface area contributed by atoms with Crippen molar-refractivity contribution in [3.63, 3.8) is 0 Å². The van der Waals surface area contributed by atoms with Crippen LogP contribution in [0.25, 0.3) is 11.1 Å². The van der Waals surface area contributed by atoms with E-state index in [2.05, 4.69) is 12.6 Å². The summed E-state index contributed by atoms with van der Waals surface area (Å²) >= 11 is 0. The second-order valence-corrected chi connectivity index (χ2v) is 6.51. The van der Waals surface area contributed by atoms with E-state index in [0.29, 0.717) is 28.2 Å². The molecule has 0 saturated carbocycles. The van der Waals surface area contributed by atoms with Crippen molar-refractivity contribution < 1.29 is 23.8 Å². The molecule has 6 nitrogen and oxygen atoms in total. The first-order valence-corrected chi connectivity index (χ1v) is 9.35. The molecule has 31 heavy (non-hydrogen) atoms. The average Bonchev–Trinajstić information content (AvgIpc) is 2.80. The molecule has 0 aliphatic rings. The molecule has 0 N–H and O–H groups in total. The molecular formula is C25H19NO5. The van der Waals surface area contributed by atoms with Crippen LogP contribution in [0.15, 0.2) is 79.4 Å². The van der Waals surface area contributed by atoms with Crippen LogP contribution in [-0.2, 0) is 9.53 Å². The summed E-state index contributed by atoms with van der Waals surface area (Å²) < 4.78 is 15.6. The standard InChI is InChI=1S/C25H19NO5/c1-3-24(27)30-16-29-23-13-10-21(14-17(23)2)25(28)31-22-11-8-20(9-12-22)19-6-4-18(15-26)5-7-19/h3-14H,1,16H2,2H3. The molecule has 0 aliphatic heterocycles. The number of carbonyl (C=O) groups is 2. The molecule has 0 heterocycles. The van der Waals surface area contributed by atoms with Gasteiger partial charge >= 0.3 is 11.9 Å². The average molecular weight is 413 g/mol. The van der Waals surface area contributed by atoms with Crippen LogP contribution in [-0.4, -0.2) is 18.7 Å². The Balaban J connectivity index is 1.63. The molecule has 0 atom stereocenters. The molecule has 154 valence electrons. The van der Waals surface area contributed by atoms with Crippen molar-refractivity contribution in [1.29, 1.82) is 5.26 Å². The van der Waals surface area contributed by atoms with Gasteiger partial charge in [0.05, 0.1) is 17.2 Å². The zero-order chi connectivity index (χ0) is 22.2. The Kier molecular flexibility index (Phi) is 6.82. The lowest BCUT2D eigenvalue weighted by Gasteiger charge is -2.10. The molecule has 3 rings (SSSR count). The molecule has 0 aromatic heterocycles. The maximum Gasteiger partial charge on any atom is 0.343 e. The number of aryl methyl sites for hydroxylation is 1. The third-order valence-corrected chi connectivity index (χ3v) is 4.41. The van der Waals surface area contributed by atoms with Gasteiger partial charge < -0.3 is 14.2 Å². The Hall–Kier alpha value is -4.37. The van der Waals surface area contributed by atoms with Crippen molar-refractivity contribution in [2.24, 2.45) is 0 Å². The van der Waals surface area contributed by atoms with E-state index in [1.807, 2.05) is 24.3 Å². The minimum Gasteiger partial charge on any atom is -0.457 e. The van der Waals surface area contributed by atoms with E-state index in [9.17, 15) is 9.59 Å². The quantitative estimate of drug-likeness (QED) is 0.239. The monoisotopic (exact) mass is 413 g/mol. The summed E-state index contributed by atoms with van der Waals surface area (Å²) in [5.41, 5.74) is 3.56. The Morgan fingerprint density at radius 2 is 1.65 bits per heavy atom. The molecule has 0 aliphatic carbocycles. The van der Waals surface area contributed by atoms with Crippen molar-refractivity contribution in [2.75, 3.05) is 6.79 Å². The predicted molar refractivity (Wildman–Crippen MR) is 115 cm³/mol. The molecular weight excluding hydrogens is 394 g/mol. The molecule has 6 heteroatoms. The first kappa shape index (κ1) is 21.3. The van der Waals surface area contributed by atoms with Crippen molar-refractivity contribution >= 4 is 11.9 Å². The van der Waals surface area contributed by atoms with Crippen molar-refractivity contribution in [3.8, 4) is 28.7 Å². The molecule has 0 bridgehead atoms. The summed E-state index contributed by atoms with van der Waals surface area (Å²) in [6, 6.07) is 21.3. The number of hydrogen-bond acceptors (Lipinski definition) is 6. The Labute approximate surface area is 179 Å². The highest BCUT2D eigenvalue weighted by atomic mass is 16.7. The van der Waals surface area contributed by atoms with Gasteiger partial charge in [0.15, 0.2) is 0 Å². The summed E-state index contributed by atoms with van der Waals surface area (Å²) in [7, 11) is 0. The van der Waals surface area contributed by atoms with Crippen LogP contribution in [0.5, 0.6) is 11.5 Å². The minimum absolute atomic E-state index is 0.249. The summed E-state index contributed by atoms with van der Waals surface area (Å²) in [5.74, 6) is -0.182. The highest BCUT2D eigenvalue weighted by Crippen LogP contribution is 2.24. The van der Waals surface area contributed by atoms with Crippen LogP contribution in [0.4, 0.5) is 0 Å². The van der Waals surface area contributed by atoms with Crippen molar-refractivity contribution in [1.82, 2.24) is 0 Å². The van der Waals surface area contributed by atoms with Gasteiger partial charge in [-0.05, 0) is 66.1 Å². The summed E-state index contributed by atoms with van der Waals surface area (Å²) in [4.78, 5) is 23.5. The normalized spacial score (nSPS) is 9.94. The highest BCUT2D eigenvalue weighted by Gasteiger charge is 2.12. The van der Waals surface area contributed by atoms with Crippen LogP contribution in [0.2, 0.25) is 0 Å². The molecule has 0 fully saturated rings. The minimum atomic E-state index is -0.581. The highest BCUT2D eigenvalue weighted by molar-refractivity contribution is 5.91. The molecule has 0 radical (unpaired) electrons. The van der Waals surface area contributed by atoms with Crippen LogP contribution < -0.4 is 9.47 Å². The van der Waals surface area contributed by atoms with Gasteiger partial charge in [-0.1, -0.05) is 30.8 Å². The number of nitriles is 1. The third kappa shape index (κ3) is 5.58. The number of rotatable bonds is 7. The lowest BCUT2D eigenvalue weighted by molar-refractivity contribution is -0.144. The SMILES string of the molecule is C=CC(=O)OCOc1ccc(C(=O)Oc2ccc(-c3ccc(C#N)cc3)cc2)cc1C. The van der Waals surface area contributed by atoms with Crippen LogP contribution in [0, 0.1) is 18.3 Å². The molecule has 0 amide bonds. The van der Waals surface area contributed by atoms with E-state index in [-0.39, 0.29) is 6.79 Å². The van der Waals surface area contributed by atoms with Gasteiger partial charge in [0, 0.05) is 6.08 Å². The molecule has 0 saturated heterocycles. The molecule has 0 unspecified atom stereocenters. The van der Waals surface area contributed by atoms with E-state index in [0.717, 1.165) is 17.2 Å². The van der Waals surface area contributed by atoms with E-state index in [4.69, 9.17) is 19.5 Å². The second-order valence-electron chi connectivity index (χ2n) is 6.51. The van der Waals surface area contributed by atoms with Crippen molar-refractivity contribution in [2.45, 2.75) is 6.92 Å². The van der Waals surface area contributed by atoms with Crippen molar-refractivity contribution in [3.05, 3.63) is 96.1 Å². The smallest absolute Gasteiger partial charge is 0.343 e. The van der Waals surface area contributed by atoms with Crippen LogP contribution in [0.1, 0.15) is 21.5 Å². The lowest BCUT2D eigenvalue weighted by Crippen LogP contribution is -2.10. The van der Waals surface area contributed by atoms with E-state index in [1.165, 1.54) is 0 Å². The van der Waals surface area contributed by atoms with Gasteiger partial charge in [0.1, 0.15) is 11.5 Å². The maximum atomic E-state index is 12.5. The third-order valence-electron chi connectivity index (χ3n) is 4.41. The van der Waals surface area contributed by atoms with E-state index < -0.39 is 11.9 Å². The fourth-order valence-electron chi connectivity index (χ4n) is 2.77. The number of hydrogen-bond donors (Lipinski definition) is 0. The van der Waals surface area contributed by atoms with Gasteiger partial charge in [0.25, 0.3) is 0 Å². The number of esters is 2. The number of carbonyl (C=O) groups excluding carboxylic acids is 2. The number of benzene rings is 3. The van der Waals surface area contributed by atoms with E-state index >= 15 is 0 Å². The molecule has 3 aromatic rings. The molecule has 0 spiro atoms. The fraction of sp³-hybridized carbons (Fsp3) is 0.0800.